The first kappa shape index (κ1) is 18.3. The standard InChI is InChI=1S/C24H24N2O2/c1-4-28-24(27)23-20-14-19(11-12-21(20)26(3)22(23)15-25-2)18-10-9-16-7-5-6-8-17(16)13-18/h5-14,25H,4,15H2,1-3H3. The van der Waals surface area contributed by atoms with Gasteiger partial charge in [0.25, 0.3) is 0 Å². The predicted octanol–water partition coefficient (Wildman–Crippen LogP) is 4.89. The number of nitrogens with one attached hydrogen (secondary N) is 1. The Balaban J connectivity index is 1.91. The SMILES string of the molecule is CCOC(=O)c1c(CNC)n(C)c2ccc(-c3ccc4ccccc4c3)cc12. The largest absolute Gasteiger partial charge is 0.462 e. The molecule has 0 unspecified atom stereocenters. The molecule has 0 saturated heterocycles. The molecule has 142 valence electrons. The van der Waals surface area contributed by atoms with Gasteiger partial charge in [0.1, 0.15) is 0 Å². The lowest BCUT2D eigenvalue weighted by molar-refractivity contribution is 0.0527. The van der Waals surface area contributed by atoms with Crippen LogP contribution in [0.1, 0.15) is 23.0 Å². The van der Waals surface area contributed by atoms with Crippen molar-refractivity contribution in [2.75, 3.05) is 13.7 Å². The Labute approximate surface area is 164 Å². The third kappa shape index (κ3) is 3.06. The second-order valence-electron chi connectivity index (χ2n) is 6.93. The second kappa shape index (κ2) is 7.49. The van der Waals surface area contributed by atoms with Crippen LogP contribution in [0, 0.1) is 0 Å². The van der Waals surface area contributed by atoms with Gasteiger partial charge in [-0.2, -0.15) is 0 Å². The molecule has 1 aromatic heterocycles. The van der Waals surface area contributed by atoms with Crippen molar-refractivity contribution in [1.82, 2.24) is 9.88 Å². The molecule has 4 nitrogen and oxygen atoms in total. The maximum absolute atomic E-state index is 12.7. The van der Waals surface area contributed by atoms with Crippen LogP contribution in [0.2, 0.25) is 0 Å². The summed E-state index contributed by atoms with van der Waals surface area (Å²) in [5, 5.41) is 6.51. The van der Waals surface area contributed by atoms with Crippen LogP contribution in [-0.2, 0) is 18.3 Å². The number of aryl methyl sites for hydroxylation is 1. The molecule has 4 rings (SSSR count). The molecule has 1 N–H and O–H groups in total. The highest BCUT2D eigenvalue weighted by Crippen LogP contribution is 2.32. The highest BCUT2D eigenvalue weighted by atomic mass is 16.5. The topological polar surface area (TPSA) is 43.3 Å². The van der Waals surface area contributed by atoms with Crippen molar-refractivity contribution in [3.8, 4) is 11.1 Å². The molecule has 0 fully saturated rings. The zero-order valence-corrected chi connectivity index (χ0v) is 16.5. The van der Waals surface area contributed by atoms with Crippen molar-refractivity contribution in [1.29, 1.82) is 0 Å². The lowest BCUT2D eigenvalue weighted by atomic mass is 9.99. The lowest BCUT2D eigenvalue weighted by Crippen LogP contribution is -2.14. The number of benzene rings is 3. The monoisotopic (exact) mass is 372 g/mol. The van der Waals surface area contributed by atoms with Crippen molar-refractivity contribution < 1.29 is 9.53 Å². The summed E-state index contributed by atoms with van der Waals surface area (Å²) in [6, 6.07) is 21.1. The summed E-state index contributed by atoms with van der Waals surface area (Å²) >= 11 is 0. The molecular weight excluding hydrogens is 348 g/mol. The van der Waals surface area contributed by atoms with Crippen molar-refractivity contribution in [3.05, 3.63) is 71.9 Å². The van der Waals surface area contributed by atoms with Gasteiger partial charge in [0, 0.05) is 30.2 Å². The number of hydrogen-bond acceptors (Lipinski definition) is 3. The summed E-state index contributed by atoms with van der Waals surface area (Å²) in [6.07, 6.45) is 0. The highest BCUT2D eigenvalue weighted by molar-refractivity contribution is 6.07. The van der Waals surface area contributed by atoms with Crippen molar-refractivity contribution in [2.45, 2.75) is 13.5 Å². The van der Waals surface area contributed by atoms with Crippen molar-refractivity contribution >= 4 is 27.6 Å². The molecular formula is C24H24N2O2. The summed E-state index contributed by atoms with van der Waals surface area (Å²) in [4.78, 5) is 12.7. The van der Waals surface area contributed by atoms with Crippen LogP contribution in [-0.4, -0.2) is 24.2 Å². The van der Waals surface area contributed by atoms with Gasteiger partial charge >= 0.3 is 5.97 Å². The van der Waals surface area contributed by atoms with E-state index in [1.807, 2.05) is 27.1 Å². The molecule has 4 aromatic rings. The van der Waals surface area contributed by atoms with Gasteiger partial charge in [0.05, 0.1) is 12.2 Å². The quantitative estimate of drug-likeness (QED) is 0.507. The van der Waals surface area contributed by atoms with Crippen LogP contribution in [0.5, 0.6) is 0 Å². The Bertz CT molecular complexity index is 1170. The van der Waals surface area contributed by atoms with Crippen LogP contribution in [0.3, 0.4) is 0 Å². The molecule has 0 aliphatic rings. The number of rotatable bonds is 5. The Morgan fingerprint density at radius 1 is 1.00 bits per heavy atom. The molecule has 0 aliphatic heterocycles. The number of hydrogen-bond donors (Lipinski definition) is 1. The summed E-state index contributed by atoms with van der Waals surface area (Å²) in [7, 11) is 3.88. The van der Waals surface area contributed by atoms with Crippen molar-refractivity contribution in [3.63, 3.8) is 0 Å². The van der Waals surface area contributed by atoms with Gasteiger partial charge in [-0.25, -0.2) is 4.79 Å². The van der Waals surface area contributed by atoms with E-state index in [1.165, 1.54) is 10.8 Å². The van der Waals surface area contributed by atoms with Gasteiger partial charge in [-0.15, -0.1) is 0 Å². The summed E-state index contributed by atoms with van der Waals surface area (Å²) < 4.78 is 7.43. The minimum absolute atomic E-state index is 0.269. The van der Waals surface area contributed by atoms with Crippen LogP contribution in [0.4, 0.5) is 0 Å². The van der Waals surface area contributed by atoms with E-state index in [4.69, 9.17) is 4.74 Å². The van der Waals surface area contributed by atoms with Gasteiger partial charge in [-0.3, -0.25) is 0 Å². The number of carbonyl (C=O) groups excluding carboxylic acids is 1. The summed E-state index contributed by atoms with van der Waals surface area (Å²) in [5.74, 6) is -0.269. The molecule has 0 saturated carbocycles. The lowest BCUT2D eigenvalue weighted by Gasteiger charge is -2.07. The van der Waals surface area contributed by atoms with E-state index in [9.17, 15) is 4.79 Å². The number of ether oxygens (including phenoxy) is 1. The van der Waals surface area contributed by atoms with E-state index < -0.39 is 0 Å². The minimum Gasteiger partial charge on any atom is -0.462 e. The molecule has 0 spiro atoms. The first-order valence-electron chi connectivity index (χ1n) is 9.56. The maximum atomic E-state index is 12.7. The Kier molecular flexibility index (Phi) is 4.88. The van der Waals surface area contributed by atoms with Gasteiger partial charge in [-0.1, -0.05) is 42.5 Å². The zero-order chi connectivity index (χ0) is 19.7. The highest BCUT2D eigenvalue weighted by Gasteiger charge is 2.22. The average Bonchev–Trinajstić information content (AvgIpc) is 2.99. The van der Waals surface area contributed by atoms with E-state index in [0.717, 1.165) is 27.7 Å². The van der Waals surface area contributed by atoms with Crippen molar-refractivity contribution in [2.24, 2.45) is 7.05 Å². The van der Waals surface area contributed by atoms with Gasteiger partial charge < -0.3 is 14.6 Å². The molecule has 0 bridgehead atoms. The fourth-order valence-electron chi connectivity index (χ4n) is 3.85. The van der Waals surface area contributed by atoms with Gasteiger partial charge in [0.2, 0.25) is 0 Å². The molecule has 4 heteroatoms. The predicted molar refractivity (Wildman–Crippen MR) is 115 cm³/mol. The number of nitrogens with zero attached hydrogens (tertiary/aromatic N) is 1. The summed E-state index contributed by atoms with van der Waals surface area (Å²) in [5.41, 5.74) is 4.83. The fraction of sp³-hybridized carbons (Fsp3) is 0.208. The van der Waals surface area contributed by atoms with E-state index in [2.05, 4.69) is 64.5 Å². The fourth-order valence-corrected chi connectivity index (χ4v) is 3.85. The third-order valence-electron chi connectivity index (χ3n) is 5.23. The Morgan fingerprint density at radius 2 is 1.71 bits per heavy atom. The molecule has 0 aliphatic carbocycles. The van der Waals surface area contributed by atoms with Crippen LogP contribution >= 0.6 is 0 Å². The number of aromatic nitrogens is 1. The number of fused-ring (bicyclic) bond motifs is 2. The maximum Gasteiger partial charge on any atom is 0.340 e. The van der Waals surface area contributed by atoms with Gasteiger partial charge in [0.15, 0.2) is 0 Å². The first-order valence-corrected chi connectivity index (χ1v) is 9.56. The normalized spacial score (nSPS) is 11.2. The number of carbonyl (C=O) groups is 1. The summed E-state index contributed by atoms with van der Waals surface area (Å²) in [6.45, 7) is 2.80. The molecule has 0 radical (unpaired) electrons. The van der Waals surface area contributed by atoms with E-state index in [0.29, 0.717) is 18.7 Å². The molecule has 1 heterocycles. The van der Waals surface area contributed by atoms with Crippen LogP contribution in [0.15, 0.2) is 60.7 Å². The van der Waals surface area contributed by atoms with E-state index >= 15 is 0 Å². The first-order chi connectivity index (χ1) is 13.6. The molecule has 3 aromatic carbocycles. The Hall–Kier alpha value is -3.11. The van der Waals surface area contributed by atoms with Gasteiger partial charge in [-0.05, 0) is 54.1 Å². The molecule has 0 atom stereocenters. The van der Waals surface area contributed by atoms with E-state index in [1.54, 1.807) is 0 Å². The van der Waals surface area contributed by atoms with E-state index in [-0.39, 0.29) is 5.97 Å². The zero-order valence-electron chi connectivity index (χ0n) is 16.5. The second-order valence-corrected chi connectivity index (χ2v) is 6.93. The van der Waals surface area contributed by atoms with Crippen LogP contribution < -0.4 is 5.32 Å². The molecule has 28 heavy (non-hydrogen) atoms. The van der Waals surface area contributed by atoms with Crippen LogP contribution in [0.25, 0.3) is 32.8 Å². The number of esters is 1. The molecule has 0 amide bonds. The Morgan fingerprint density at radius 3 is 2.46 bits per heavy atom. The smallest absolute Gasteiger partial charge is 0.340 e. The minimum atomic E-state index is -0.269. The average molecular weight is 372 g/mol. The third-order valence-corrected chi connectivity index (χ3v) is 5.23.